The van der Waals surface area contributed by atoms with Crippen molar-refractivity contribution in [3.63, 3.8) is 0 Å². The van der Waals surface area contributed by atoms with Gasteiger partial charge >= 0.3 is 0 Å². The lowest BCUT2D eigenvalue weighted by Gasteiger charge is -2.14. The van der Waals surface area contributed by atoms with E-state index in [0.29, 0.717) is 22.9 Å². The van der Waals surface area contributed by atoms with Gasteiger partial charge in [-0.1, -0.05) is 31.5 Å². The number of hydrogen-bond acceptors (Lipinski definition) is 1. The molecule has 0 fully saturated rings. The van der Waals surface area contributed by atoms with Gasteiger partial charge in [-0.3, -0.25) is 0 Å². The van der Waals surface area contributed by atoms with Crippen molar-refractivity contribution in [3.05, 3.63) is 34.6 Å². The van der Waals surface area contributed by atoms with Gasteiger partial charge in [0.2, 0.25) is 0 Å². The zero-order chi connectivity index (χ0) is 10.7. The quantitative estimate of drug-likeness (QED) is 0.819. The Balaban J connectivity index is 2.84. The molecule has 1 aromatic carbocycles. The van der Waals surface area contributed by atoms with Crippen LogP contribution in [-0.2, 0) is 0 Å². The summed E-state index contributed by atoms with van der Waals surface area (Å²) in [5.74, 6) is -0.106. The Morgan fingerprint density at radius 2 is 2.07 bits per heavy atom. The predicted octanol–water partition coefficient (Wildman–Crippen LogP) is 3.56. The van der Waals surface area contributed by atoms with Crippen LogP contribution in [0.15, 0.2) is 18.2 Å². The predicted molar refractivity (Wildman–Crippen MR) is 55.8 cm³/mol. The SMILES string of the molecule is CC(C)CC(O)c1ccc(Cl)cc1F. The topological polar surface area (TPSA) is 20.2 Å². The minimum atomic E-state index is -0.743. The van der Waals surface area contributed by atoms with Gasteiger partial charge in [0.15, 0.2) is 0 Å². The summed E-state index contributed by atoms with van der Waals surface area (Å²) < 4.78 is 13.3. The number of rotatable bonds is 3. The summed E-state index contributed by atoms with van der Waals surface area (Å²) in [5, 5.41) is 10.0. The molecule has 3 heteroatoms. The molecule has 0 aliphatic carbocycles. The Kier molecular flexibility index (Phi) is 3.90. The average Bonchev–Trinajstić information content (AvgIpc) is 2.01. The van der Waals surface area contributed by atoms with Gasteiger partial charge in [-0.15, -0.1) is 0 Å². The summed E-state index contributed by atoms with van der Waals surface area (Å²) in [6.07, 6.45) is -0.189. The number of aliphatic hydroxyl groups is 1. The second-order valence-electron chi connectivity index (χ2n) is 3.81. The highest BCUT2D eigenvalue weighted by Gasteiger charge is 2.14. The smallest absolute Gasteiger partial charge is 0.130 e. The number of benzene rings is 1. The maximum absolute atomic E-state index is 13.3. The van der Waals surface area contributed by atoms with E-state index in [9.17, 15) is 9.50 Å². The monoisotopic (exact) mass is 216 g/mol. The molecule has 1 rings (SSSR count). The summed E-state index contributed by atoms with van der Waals surface area (Å²) in [5.41, 5.74) is 0.322. The van der Waals surface area contributed by atoms with E-state index >= 15 is 0 Å². The minimum Gasteiger partial charge on any atom is -0.388 e. The lowest BCUT2D eigenvalue weighted by atomic mass is 9.99. The molecule has 14 heavy (non-hydrogen) atoms. The number of aliphatic hydroxyl groups excluding tert-OH is 1. The van der Waals surface area contributed by atoms with Crippen LogP contribution in [0.5, 0.6) is 0 Å². The highest BCUT2D eigenvalue weighted by molar-refractivity contribution is 6.30. The van der Waals surface area contributed by atoms with Gasteiger partial charge in [-0.05, 0) is 24.5 Å². The average molecular weight is 217 g/mol. The second kappa shape index (κ2) is 4.76. The van der Waals surface area contributed by atoms with Crippen LogP contribution in [0.4, 0.5) is 4.39 Å². The molecule has 0 spiro atoms. The van der Waals surface area contributed by atoms with Crippen molar-refractivity contribution in [2.75, 3.05) is 0 Å². The molecule has 0 aromatic heterocycles. The molecule has 1 aromatic rings. The van der Waals surface area contributed by atoms with Crippen molar-refractivity contribution in [2.24, 2.45) is 5.92 Å². The molecule has 0 bridgehead atoms. The van der Waals surface area contributed by atoms with Crippen molar-refractivity contribution in [3.8, 4) is 0 Å². The number of hydrogen-bond donors (Lipinski definition) is 1. The van der Waals surface area contributed by atoms with Crippen LogP contribution < -0.4 is 0 Å². The van der Waals surface area contributed by atoms with E-state index in [0.717, 1.165) is 0 Å². The van der Waals surface area contributed by atoms with Crippen molar-refractivity contribution < 1.29 is 9.50 Å². The third kappa shape index (κ3) is 2.96. The fourth-order valence-electron chi connectivity index (χ4n) is 1.35. The minimum absolute atomic E-state index is 0.322. The summed E-state index contributed by atoms with van der Waals surface area (Å²) >= 11 is 5.61. The highest BCUT2D eigenvalue weighted by Crippen LogP contribution is 2.25. The van der Waals surface area contributed by atoms with Gasteiger partial charge in [-0.25, -0.2) is 4.39 Å². The molecule has 0 saturated carbocycles. The Labute approximate surface area is 88.5 Å². The fraction of sp³-hybridized carbons (Fsp3) is 0.455. The van der Waals surface area contributed by atoms with Crippen molar-refractivity contribution in [2.45, 2.75) is 26.4 Å². The van der Waals surface area contributed by atoms with Crippen LogP contribution in [0, 0.1) is 11.7 Å². The molecule has 0 saturated heterocycles. The molecule has 0 amide bonds. The lowest BCUT2D eigenvalue weighted by molar-refractivity contribution is 0.147. The highest BCUT2D eigenvalue weighted by atomic mass is 35.5. The van der Waals surface area contributed by atoms with Gasteiger partial charge in [0.1, 0.15) is 5.82 Å². The van der Waals surface area contributed by atoms with Crippen LogP contribution in [-0.4, -0.2) is 5.11 Å². The van der Waals surface area contributed by atoms with E-state index in [1.165, 1.54) is 12.1 Å². The van der Waals surface area contributed by atoms with Gasteiger partial charge in [0.05, 0.1) is 6.10 Å². The second-order valence-corrected chi connectivity index (χ2v) is 4.25. The van der Waals surface area contributed by atoms with Crippen LogP contribution in [0.3, 0.4) is 0 Å². The van der Waals surface area contributed by atoms with Crippen LogP contribution in [0.2, 0.25) is 5.02 Å². The van der Waals surface area contributed by atoms with Crippen LogP contribution >= 0.6 is 11.6 Å². The van der Waals surface area contributed by atoms with Crippen LogP contribution in [0.1, 0.15) is 31.9 Å². The summed E-state index contributed by atoms with van der Waals surface area (Å²) in [4.78, 5) is 0. The molecule has 0 aliphatic heterocycles. The lowest BCUT2D eigenvalue weighted by Crippen LogP contribution is -2.04. The summed E-state index contributed by atoms with van der Waals surface area (Å²) in [7, 11) is 0. The Bertz CT molecular complexity index is 312. The summed E-state index contributed by atoms with van der Waals surface area (Å²) in [6.45, 7) is 3.97. The molecule has 78 valence electrons. The molecular weight excluding hydrogens is 203 g/mol. The molecule has 1 atom stereocenters. The molecule has 1 N–H and O–H groups in total. The molecule has 0 heterocycles. The van der Waals surface area contributed by atoms with E-state index in [-0.39, 0.29) is 0 Å². The fourth-order valence-corrected chi connectivity index (χ4v) is 1.50. The third-order valence-corrected chi connectivity index (χ3v) is 2.25. The largest absolute Gasteiger partial charge is 0.388 e. The standard InChI is InChI=1S/C11H14ClFO/c1-7(2)5-11(14)9-4-3-8(12)6-10(9)13/h3-4,6-7,11,14H,5H2,1-2H3. The first-order valence-electron chi connectivity index (χ1n) is 4.63. The molecular formula is C11H14ClFO. The first-order valence-corrected chi connectivity index (χ1v) is 5.01. The van der Waals surface area contributed by atoms with Gasteiger partial charge in [0.25, 0.3) is 0 Å². The first kappa shape index (κ1) is 11.5. The molecule has 0 aliphatic rings. The zero-order valence-corrected chi connectivity index (χ0v) is 9.05. The van der Waals surface area contributed by atoms with Crippen molar-refractivity contribution in [1.82, 2.24) is 0 Å². The maximum Gasteiger partial charge on any atom is 0.130 e. The van der Waals surface area contributed by atoms with E-state index < -0.39 is 11.9 Å². The van der Waals surface area contributed by atoms with Crippen LogP contribution in [0.25, 0.3) is 0 Å². The van der Waals surface area contributed by atoms with E-state index in [1.807, 2.05) is 13.8 Å². The van der Waals surface area contributed by atoms with E-state index in [4.69, 9.17) is 11.6 Å². The Morgan fingerprint density at radius 3 is 2.57 bits per heavy atom. The van der Waals surface area contributed by atoms with E-state index in [2.05, 4.69) is 0 Å². The molecule has 0 radical (unpaired) electrons. The maximum atomic E-state index is 13.3. The Hall–Kier alpha value is -0.600. The first-order chi connectivity index (χ1) is 6.50. The van der Waals surface area contributed by atoms with Crippen molar-refractivity contribution in [1.29, 1.82) is 0 Å². The number of halogens is 2. The van der Waals surface area contributed by atoms with Gasteiger partial charge < -0.3 is 5.11 Å². The zero-order valence-electron chi connectivity index (χ0n) is 8.30. The summed E-state index contributed by atoms with van der Waals surface area (Å²) in [6, 6.07) is 4.34. The van der Waals surface area contributed by atoms with Gasteiger partial charge in [-0.2, -0.15) is 0 Å². The van der Waals surface area contributed by atoms with Crippen molar-refractivity contribution >= 4 is 11.6 Å². The third-order valence-electron chi connectivity index (χ3n) is 2.02. The van der Waals surface area contributed by atoms with E-state index in [1.54, 1.807) is 6.07 Å². The Morgan fingerprint density at radius 1 is 1.43 bits per heavy atom. The van der Waals surface area contributed by atoms with Gasteiger partial charge in [0, 0.05) is 10.6 Å². The molecule has 1 nitrogen and oxygen atoms in total. The normalized spacial score (nSPS) is 13.3. The molecule has 1 unspecified atom stereocenters.